The van der Waals surface area contributed by atoms with E-state index in [4.69, 9.17) is 4.74 Å². The van der Waals surface area contributed by atoms with E-state index in [0.717, 1.165) is 11.9 Å². The number of hydrogen-bond donors (Lipinski definition) is 0. The molecule has 0 aromatic heterocycles. The molecule has 1 aliphatic heterocycles. The van der Waals surface area contributed by atoms with Gasteiger partial charge in [-0.1, -0.05) is 18.2 Å². The Hall–Kier alpha value is -2.74. The summed E-state index contributed by atoms with van der Waals surface area (Å²) < 4.78 is 31.3. The summed E-state index contributed by atoms with van der Waals surface area (Å²) in [7, 11) is -2.09. The van der Waals surface area contributed by atoms with Gasteiger partial charge in [-0.25, -0.2) is 8.42 Å². The normalized spacial score (nSPS) is 15.7. The highest BCUT2D eigenvalue weighted by Crippen LogP contribution is 2.25. The standard InChI is InChI=1S/C21H27N3O4S/c1-17(24(29(3,26)27)19-9-11-20(28-2)12-10-19)21(25)23-15-13-22(14-16-23)18-7-5-4-6-8-18/h4-12,17H,13-16H2,1-3H3/t17-/m1/s1. The van der Waals surface area contributed by atoms with E-state index in [2.05, 4.69) is 17.0 Å². The molecule has 0 saturated carbocycles. The first-order valence-corrected chi connectivity index (χ1v) is 11.4. The molecule has 0 unspecified atom stereocenters. The molecule has 0 N–H and O–H groups in total. The third-order valence-corrected chi connectivity index (χ3v) is 6.35. The van der Waals surface area contributed by atoms with Gasteiger partial charge >= 0.3 is 0 Å². The van der Waals surface area contributed by atoms with Crippen LogP contribution in [0, 0.1) is 0 Å². The number of para-hydroxylation sites is 1. The number of carbonyl (C=O) groups is 1. The lowest BCUT2D eigenvalue weighted by atomic mass is 10.2. The van der Waals surface area contributed by atoms with E-state index in [1.165, 1.54) is 4.31 Å². The molecule has 0 radical (unpaired) electrons. The van der Waals surface area contributed by atoms with E-state index >= 15 is 0 Å². The monoisotopic (exact) mass is 417 g/mol. The van der Waals surface area contributed by atoms with Crippen LogP contribution < -0.4 is 13.9 Å². The third kappa shape index (κ3) is 4.82. The number of nitrogens with zero attached hydrogens (tertiary/aromatic N) is 3. The Balaban J connectivity index is 1.73. The van der Waals surface area contributed by atoms with Crippen molar-refractivity contribution < 1.29 is 17.9 Å². The Kier molecular flexibility index (Phi) is 6.32. The van der Waals surface area contributed by atoms with Crippen molar-refractivity contribution in [1.82, 2.24) is 4.90 Å². The summed E-state index contributed by atoms with van der Waals surface area (Å²) in [4.78, 5) is 17.1. The molecule has 2 aromatic carbocycles. The summed E-state index contributed by atoms with van der Waals surface area (Å²) in [6.45, 7) is 4.17. The first kappa shape index (κ1) is 21.0. The number of ether oxygens (including phenoxy) is 1. The van der Waals surface area contributed by atoms with Crippen LogP contribution in [0.15, 0.2) is 54.6 Å². The van der Waals surface area contributed by atoms with Gasteiger partial charge in [-0.15, -0.1) is 0 Å². The van der Waals surface area contributed by atoms with Crippen LogP contribution in [0.25, 0.3) is 0 Å². The number of hydrogen-bond acceptors (Lipinski definition) is 5. The van der Waals surface area contributed by atoms with Gasteiger partial charge in [0.15, 0.2) is 0 Å². The SMILES string of the molecule is COc1ccc(N([C@H](C)C(=O)N2CCN(c3ccccc3)CC2)S(C)(=O)=O)cc1. The van der Waals surface area contributed by atoms with Gasteiger partial charge < -0.3 is 14.5 Å². The molecule has 1 heterocycles. The molecule has 2 aromatic rings. The van der Waals surface area contributed by atoms with E-state index < -0.39 is 16.1 Å². The minimum Gasteiger partial charge on any atom is -0.497 e. The topological polar surface area (TPSA) is 70.2 Å². The minimum absolute atomic E-state index is 0.195. The molecule has 1 fully saturated rings. The van der Waals surface area contributed by atoms with Gasteiger partial charge in [-0.3, -0.25) is 9.10 Å². The van der Waals surface area contributed by atoms with Crippen molar-refractivity contribution in [2.45, 2.75) is 13.0 Å². The molecular weight excluding hydrogens is 390 g/mol. The van der Waals surface area contributed by atoms with E-state index in [1.807, 2.05) is 18.2 Å². The van der Waals surface area contributed by atoms with Gasteiger partial charge in [0.1, 0.15) is 11.8 Å². The lowest BCUT2D eigenvalue weighted by Gasteiger charge is -2.39. The summed E-state index contributed by atoms with van der Waals surface area (Å²) in [6.07, 6.45) is 1.12. The van der Waals surface area contributed by atoms with E-state index in [0.29, 0.717) is 37.6 Å². The number of rotatable bonds is 6. The maximum absolute atomic E-state index is 13.1. The first-order valence-electron chi connectivity index (χ1n) is 9.53. The van der Waals surface area contributed by atoms with E-state index in [-0.39, 0.29) is 5.91 Å². The zero-order chi connectivity index (χ0) is 21.0. The highest BCUT2D eigenvalue weighted by Gasteiger charge is 2.33. The zero-order valence-electron chi connectivity index (χ0n) is 17.0. The summed E-state index contributed by atoms with van der Waals surface area (Å²) in [5.74, 6) is 0.428. The molecular formula is C21H27N3O4S. The smallest absolute Gasteiger partial charge is 0.246 e. The fourth-order valence-corrected chi connectivity index (χ4v) is 4.79. The Bertz CT molecular complexity index is 924. The van der Waals surface area contributed by atoms with E-state index in [1.54, 1.807) is 43.2 Å². The third-order valence-electron chi connectivity index (χ3n) is 5.11. The lowest BCUT2D eigenvalue weighted by Crippen LogP contribution is -2.55. The van der Waals surface area contributed by atoms with Crippen LogP contribution in [-0.4, -0.2) is 64.8 Å². The number of anilines is 2. The van der Waals surface area contributed by atoms with Gasteiger partial charge in [0.25, 0.3) is 0 Å². The molecule has 0 spiro atoms. The summed E-state index contributed by atoms with van der Waals surface area (Å²) in [5.41, 5.74) is 1.57. The van der Waals surface area contributed by atoms with Crippen LogP contribution in [0.3, 0.4) is 0 Å². The first-order chi connectivity index (χ1) is 13.8. The molecule has 29 heavy (non-hydrogen) atoms. The van der Waals surface area contributed by atoms with Crippen molar-refractivity contribution in [3.63, 3.8) is 0 Å². The van der Waals surface area contributed by atoms with Crippen molar-refractivity contribution in [2.24, 2.45) is 0 Å². The number of carbonyl (C=O) groups excluding carboxylic acids is 1. The largest absolute Gasteiger partial charge is 0.497 e. The van der Waals surface area contributed by atoms with Crippen LogP contribution in [0.4, 0.5) is 11.4 Å². The predicted octanol–water partition coefficient (Wildman–Crippen LogP) is 2.20. The van der Waals surface area contributed by atoms with Gasteiger partial charge in [0.05, 0.1) is 19.1 Å². The molecule has 0 aliphatic carbocycles. The van der Waals surface area contributed by atoms with Gasteiger partial charge in [0.2, 0.25) is 15.9 Å². The number of methoxy groups -OCH3 is 1. The highest BCUT2D eigenvalue weighted by molar-refractivity contribution is 7.92. The van der Waals surface area contributed by atoms with Crippen molar-refractivity contribution in [3.05, 3.63) is 54.6 Å². The van der Waals surface area contributed by atoms with Crippen molar-refractivity contribution in [3.8, 4) is 5.75 Å². The van der Waals surface area contributed by atoms with Gasteiger partial charge in [0, 0.05) is 31.9 Å². The lowest BCUT2D eigenvalue weighted by molar-refractivity contribution is -0.132. The molecule has 1 aliphatic rings. The van der Waals surface area contributed by atoms with Crippen LogP contribution in [-0.2, 0) is 14.8 Å². The van der Waals surface area contributed by atoms with Crippen LogP contribution in [0.5, 0.6) is 5.75 Å². The summed E-state index contributed by atoms with van der Waals surface area (Å²) in [5, 5.41) is 0. The maximum Gasteiger partial charge on any atom is 0.246 e. The van der Waals surface area contributed by atoms with Crippen molar-refractivity contribution in [1.29, 1.82) is 0 Å². The van der Waals surface area contributed by atoms with Crippen LogP contribution in [0.1, 0.15) is 6.92 Å². The number of benzene rings is 2. The Labute approximate surface area is 172 Å². The maximum atomic E-state index is 13.1. The van der Waals surface area contributed by atoms with Gasteiger partial charge in [-0.05, 0) is 43.3 Å². The highest BCUT2D eigenvalue weighted by atomic mass is 32.2. The van der Waals surface area contributed by atoms with Crippen molar-refractivity contribution in [2.75, 3.05) is 48.7 Å². The Morgan fingerprint density at radius 3 is 2.10 bits per heavy atom. The van der Waals surface area contributed by atoms with Crippen molar-refractivity contribution >= 4 is 27.3 Å². The Morgan fingerprint density at radius 2 is 1.59 bits per heavy atom. The number of piperazine rings is 1. The minimum atomic E-state index is -3.64. The fourth-order valence-electron chi connectivity index (χ4n) is 3.62. The molecule has 3 rings (SSSR count). The average Bonchev–Trinajstić information content (AvgIpc) is 2.73. The second-order valence-corrected chi connectivity index (χ2v) is 8.94. The molecule has 1 atom stereocenters. The molecule has 1 saturated heterocycles. The second-order valence-electron chi connectivity index (χ2n) is 7.08. The van der Waals surface area contributed by atoms with Crippen LogP contribution >= 0.6 is 0 Å². The quantitative estimate of drug-likeness (QED) is 0.721. The molecule has 0 bridgehead atoms. The average molecular weight is 418 g/mol. The summed E-state index contributed by atoms with van der Waals surface area (Å²) in [6, 6.07) is 15.9. The zero-order valence-corrected chi connectivity index (χ0v) is 17.8. The van der Waals surface area contributed by atoms with E-state index in [9.17, 15) is 13.2 Å². The molecule has 8 heteroatoms. The second kappa shape index (κ2) is 8.73. The molecule has 1 amide bonds. The van der Waals surface area contributed by atoms with Crippen LogP contribution in [0.2, 0.25) is 0 Å². The summed E-state index contributed by atoms with van der Waals surface area (Å²) >= 11 is 0. The fraction of sp³-hybridized carbons (Fsp3) is 0.381. The number of amides is 1. The predicted molar refractivity (Wildman–Crippen MR) is 115 cm³/mol. The Morgan fingerprint density at radius 1 is 1.00 bits per heavy atom. The number of sulfonamides is 1. The molecule has 156 valence electrons. The van der Waals surface area contributed by atoms with Gasteiger partial charge in [-0.2, -0.15) is 0 Å². The molecule has 7 nitrogen and oxygen atoms in total.